The summed E-state index contributed by atoms with van der Waals surface area (Å²) in [7, 11) is 0. The lowest BCUT2D eigenvalue weighted by Crippen LogP contribution is -2.57. The fraction of sp³-hybridized carbons (Fsp3) is 0.481. The van der Waals surface area contributed by atoms with E-state index in [0.29, 0.717) is 50.3 Å². The molecule has 2 saturated heterocycles. The average Bonchev–Trinajstić information content (AvgIpc) is 2.91. The summed E-state index contributed by atoms with van der Waals surface area (Å²) in [4.78, 5) is 38.8. The summed E-state index contributed by atoms with van der Waals surface area (Å²) in [5.41, 5.74) is 0.344. The second-order valence-electron chi connectivity index (χ2n) is 9.88. The molecular formula is C27H30F3N3O6. The van der Waals surface area contributed by atoms with Gasteiger partial charge in [0.15, 0.2) is 0 Å². The Morgan fingerprint density at radius 2 is 1.69 bits per heavy atom. The standard InChI is InChI=1S/C27H30F3N3O6/c1-2-38-22-6-4-3-5-20(22)17-31-14-11-26(23(18-31)39-25(35)27(28,29)30)12-15-32(16-13-26)24(34)19-7-9-21(10-8-19)33(36)37/h3-10,23H,2,11-18H2,1H3. The number of non-ortho nitro benzene ring substituents is 1. The molecule has 1 amide bonds. The van der Waals surface area contributed by atoms with Crippen molar-refractivity contribution in [3.8, 4) is 5.75 Å². The Kier molecular flexibility index (Phi) is 8.43. The number of nitro groups is 1. The minimum Gasteiger partial charge on any atom is -0.494 e. The highest BCUT2D eigenvalue weighted by Gasteiger charge is 2.51. The van der Waals surface area contributed by atoms with Crippen LogP contribution in [0.5, 0.6) is 5.75 Å². The van der Waals surface area contributed by atoms with E-state index in [-0.39, 0.29) is 31.2 Å². The number of esters is 1. The first kappa shape index (κ1) is 28.3. The van der Waals surface area contributed by atoms with Crippen molar-refractivity contribution in [2.75, 3.05) is 32.8 Å². The van der Waals surface area contributed by atoms with Crippen LogP contribution in [-0.2, 0) is 16.1 Å². The first-order chi connectivity index (χ1) is 18.5. The summed E-state index contributed by atoms with van der Waals surface area (Å²) >= 11 is 0. The molecule has 2 aliphatic rings. The molecule has 2 aromatic rings. The maximum atomic E-state index is 13.2. The SMILES string of the molecule is CCOc1ccccc1CN1CCC2(CCN(C(=O)c3ccc([N+](=O)[O-])cc3)CC2)C(OC(=O)C(F)(F)F)C1. The molecule has 0 saturated carbocycles. The van der Waals surface area contributed by atoms with Crippen LogP contribution >= 0.6 is 0 Å². The number of hydrogen-bond donors (Lipinski definition) is 0. The van der Waals surface area contributed by atoms with Gasteiger partial charge in [0.2, 0.25) is 0 Å². The molecule has 0 aromatic heterocycles. The van der Waals surface area contributed by atoms with E-state index in [1.165, 1.54) is 24.3 Å². The van der Waals surface area contributed by atoms with E-state index < -0.39 is 28.6 Å². The third-order valence-corrected chi connectivity index (χ3v) is 7.55. The van der Waals surface area contributed by atoms with E-state index in [9.17, 15) is 32.9 Å². The Bertz CT molecular complexity index is 1200. The van der Waals surface area contributed by atoms with Crippen molar-refractivity contribution < 1.29 is 37.2 Å². The van der Waals surface area contributed by atoms with Gasteiger partial charge in [0.1, 0.15) is 11.9 Å². The van der Waals surface area contributed by atoms with Crippen molar-refractivity contribution in [1.82, 2.24) is 9.80 Å². The van der Waals surface area contributed by atoms with Crippen LogP contribution in [0.1, 0.15) is 42.1 Å². The molecule has 4 rings (SSSR count). The molecule has 39 heavy (non-hydrogen) atoms. The van der Waals surface area contributed by atoms with Gasteiger partial charge >= 0.3 is 12.1 Å². The average molecular weight is 550 g/mol. The number of alkyl halides is 3. The molecule has 12 heteroatoms. The van der Waals surface area contributed by atoms with Crippen molar-refractivity contribution in [2.24, 2.45) is 5.41 Å². The van der Waals surface area contributed by atoms with Gasteiger partial charge in [0.25, 0.3) is 11.6 Å². The lowest BCUT2D eigenvalue weighted by Gasteiger charge is -2.51. The molecule has 0 bridgehead atoms. The molecule has 9 nitrogen and oxygen atoms in total. The zero-order chi connectivity index (χ0) is 28.2. The highest BCUT2D eigenvalue weighted by molar-refractivity contribution is 5.94. The highest BCUT2D eigenvalue weighted by atomic mass is 19.4. The van der Waals surface area contributed by atoms with Gasteiger partial charge in [-0.05, 0) is 50.9 Å². The van der Waals surface area contributed by atoms with E-state index >= 15 is 0 Å². The second kappa shape index (κ2) is 11.6. The Hall–Kier alpha value is -3.67. The number of rotatable bonds is 7. The van der Waals surface area contributed by atoms with E-state index in [2.05, 4.69) is 0 Å². The van der Waals surface area contributed by atoms with Crippen molar-refractivity contribution in [1.29, 1.82) is 0 Å². The van der Waals surface area contributed by atoms with Crippen molar-refractivity contribution in [2.45, 2.75) is 45.0 Å². The van der Waals surface area contributed by atoms with Crippen LogP contribution in [0.25, 0.3) is 0 Å². The Balaban J connectivity index is 1.47. The van der Waals surface area contributed by atoms with Gasteiger partial charge in [-0.15, -0.1) is 0 Å². The monoisotopic (exact) mass is 549 g/mol. The molecular weight excluding hydrogens is 519 g/mol. The topological polar surface area (TPSA) is 102 Å². The number of carbonyl (C=O) groups excluding carboxylic acids is 2. The number of amides is 1. The van der Waals surface area contributed by atoms with Crippen molar-refractivity contribution >= 4 is 17.6 Å². The third-order valence-electron chi connectivity index (χ3n) is 7.55. The van der Waals surface area contributed by atoms with Crippen molar-refractivity contribution in [3.05, 3.63) is 69.8 Å². The minimum absolute atomic E-state index is 0.124. The molecule has 210 valence electrons. The van der Waals surface area contributed by atoms with Crippen LogP contribution in [0.15, 0.2) is 48.5 Å². The fourth-order valence-electron chi connectivity index (χ4n) is 5.37. The smallest absolute Gasteiger partial charge is 0.490 e. The summed E-state index contributed by atoms with van der Waals surface area (Å²) in [5.74, 6) is -1.83. The predicted octanol–water partition coefficient (Wildman–Crippen LogP) is 4.60. The van der Waals surface area contributed by atoms with Gasteiger partial charge in [-0.3, -0.25) is 19.8 Å². The first-order valence-electron chi connectivity index (χ1n) is 12.8. The molecule has 0 aliphatic carbocycles. The fourth-order valence-corrected chi connectivity index (χ4v) is 5.37. The summed E-state index contributed by atoms with van der Waals surface area (Å²) in [6.07, 6.45) is -4.89. The zero-order valence-electron chi connectivity index (χ0n) is 21.5. The number of carbonyl (C=O) groups is 2. The van der Waals surface area contributed by atoms with Crippen LogP contribution in [0.3, 0.4) is 0 Å². The maximum Gasteiger partial charge on any atom is 0.490 e. The Morgan fingerprint density at radius 3 is 2.31 bits per heavy atom. The zero-order valence-corrected chi connectivity index (χ0v) is 21.5. The highest BCUT2D eigenvalue weighted by Crippen LogP contribution is 2.44. The van der Waals surface area contributed by atoms with E-state index in [1.54, 1.807) is 4.90 Å². The summed E-state index contributed by atoms with van der Waals surface area (Å²) < 4.78 is 50.3. The first-order valence-corrected chi connectivity index (χ1v) is 12.8. The quantitative estimate of drug-likeness (QED) is 0.283. The summed E-state index contributed by atoms with van der Waals surface area (Å²) in [6.45, 7) is 4.01. The van der Waals surface area contributed by atoms with Gasteiger partial charge in [-0.25, -0.2) is 4.79 Å². The number of para-hydroxylation sites is 1. The molecule has 2 fully saturated rings. The summed E-state index contributed by atoms with van der Waals surface area (Å²) in [5, 5.41) is 10.9. The molecule has 0 radical (unpaired) electrons. The number of nitro benzene ring substituents is 1. The molecule has 1 unspecified atom stereocenters. The number of halogens is 3. The molecule has 2 aliphatic heterocycles. The van der Waals surface area contributed by atoms with E-state index in [0.717, 1.165) is 5.56 Å². The van der Waals surface area contributed by atoms with Crippen LogP contribution in [0, 0.1) is 15.5 Å². The normalized spacial score (nSPS) is 19.5. The number of benzene rings is 2. The number of nitrogens with zero attached hydrogens (tertiary/aromatic N) is 3. The second-order valence-corrected chi connectivity index (χ2v) is 9.88. The summed E-state index contributed by atoms with van der Waals surface area (Å²) in [6, 6.07) is 12.7. The Morgan fingerprint density at radius 1 is 1.05 bits per heavy atom. The van der Waals surface area contributed by atoms with Gasteiger partial charge < -0.3 is 14.4 Å². The largest absolute Gasteiger partial charge is 0.494 e. The van der Waals surface area contributed by atoms with Gasteiger partial charge in [0.05, 0.1) is 11.5 Å². The molecule has 2 aromatic carbocycles. The Labute approximate surface area is 223 Å². The molecule has 2 heterocycles. The molecule has 1 atom stereocenters. The number of likely N-dealkylation sites (tertiary alicyclic amines) is 2. The molecule has 0 N–H and O–H groups in total. The number of ether oxygens (including phenoxy) is 2. The van der Waals surface area contributed by atoms with Crippen LogP contribution in [0.4, 0.5) is 18.9 Å². The van der Waals surface area contributed by atoms with E-state index in [1.807, 2.05) is 36.1 Å². The van der Waals surface area contributed by atoms with Crippen molar-refractivity contribution in [3.63, 3.8) is 0 Å². The van der Waals surface area contributed by atoms with Gasteiger partial charge in [-0.2, -0.15) is 13.2 Å². The van der Waals surface area contributed by atoms with Crippen LogP contribution < -0.4 is 4.74 Å². The minimum atomic E-state index is -5.11. The van der Waals surface area contributed by atoms with Crippen LogP contribution in [-0.4, -0.2) is 71.7 Å². The lowest BCUT2D eigenvalue weighted by molar-refractivity contribution is -0.384. The number of piperidine rings is 2. The van der Waals surface area contributed by atoms with Gasteiger partial charge in [0, 0.05) is 54.9 Å². The third kappa shape index (κ3) is 6.49. The van der Waals surface area contributed by atoms with Crippen LogP contribution in [0.2, 0.25) is 0 Å². The predicted molar refractivity (Wildman–Crippen MR) is 134 cm³/mol. The molecule has 1 spiro atoms. The maximum absolute atomic E-state index is 13.2. The van der Waals surface area contributed by atoms with Gasteiger partial charge in [-0.1, -0.05) is 18.2 Å². The number of hydrogen-bond acceptors (Lipinski definition) is 7. The van der Waals surface area contributed by atoms with E-state index in [4.69, 9.17) is 9.47 Å². The lowest BCUT2D eigenvalue weighted by atomic mass is 9.69.